The molecule has 1 amide bonds. The van der Waals surface area contributed by atoms with Crippen LogP contribution in [0.4, 0.5) is 0 Å². The van der Waals surface area contributed by atoms with Crippen molar-refractivity contribution in [3.05, 3.63) is 54.4 Å². The third kappa shape index (κ3) is 6.27. The summed E-state index contributed by atoms with van der Waals surface area (Å²) >= 11 is 0. The van der Waals surface area contributed by atoms with E-state index >= 15 is 0 Å². The summed E-state index contributed by atoms with van der Waals surface area (Å²) in [5.41, 5.74) is 0.821. The van der Waals surface area contributed by atoms with Crippen LogP contribution >= 0.6 is 0 Å². The minimum Gasteiger partial charge on any atom is -0.481 e. The Hall–Kier alpha value is -2.45. The number of benzene rings is 1. The normalized spacial score (nSPS) is 16.2. The Morgan fingerprint density at radius 1 is 1.10 bits per heavy atom. The zero-order chi connectivity index (χ0) is 20.7. The van der Waals surface area contributed by atoms with Crippen LogP contribution < -0.4 is 14.8 Å². The van der Waals surface area contributed by atoms with Crippen LogP contribution in [-0.4, -0.2) is 31.5 Å². The quantitative estimate of drug-likeness (QED) is 0.688. The lowest BCUT2D eigenvalue weighted by atomic mass is 9.95. The van der Waals surface area contributed by atoms with Gasteiger partial charge in [0.05, 0.1) is 4.90 Å². The molecule has 0 saturated heterocycles. The molecule has 1 aliphatic rings. The first-order valence-corrected chi connectivity index (χ1v) is 11.4. The van der Waals surface area contributed by atoms with E-state index in [-0.39, 0.29) is 23.4 Å². The van der Waals surface area contributed by atoms with Crippen LogP contribution in [0.3, 0.4) is 0 Å². The average molecular weight is 418 g/mol. The molecule has 8 heteroatoms. The molecule has 3 rings (SSSR count). The number of ether oxygens (including phenoxy) is 1. The van der Waals surface area contributed by atoms with Gasteiger partial charge in [0.25, 0.3) is 5.91 Å². The number of nitrogens with one attached hydrogen (secondary N) is 2. The first kappa shape index (κ1) is 21.3. The van der Waals surface area contributed by atoms with E-state index in [1.807, 2.05) is 0 Å². The lowest BCUT2D eigenvalue weighted by Crippen LogP contribution is -2.43. The van der Waals surface area contributed by atoms with Gasteiger partial charge in [-0.3, -0.25) is 9.78 Å². The molecule has 1 fully saturated rings. The fraction of sp³-hybridized carbons (Fsp3) is 0.429. The number of carbonyl (C=O) groups is 1. The number of hydrogen-bond acceptors (Lipinski definition) is 5. The summed E-state index contributed by atoms with van der Waals surface area (Å²) in [4.78, 5) is 16.4. The fourth-order valence-corrected chi connectivity index (χ4v) is 4.30. The first-order valence-electron chi connectivity index (χ1n) is 9.90. The molecule has 2 N–H and O–H groups in total. The van der Waals surface area contributed by atoms with Crippen molar-refractivity contribution < 1.29 is 17.9 Å². The molecule has 0 bridgehead atoms. The van der Waals surface area contributed by atoms with Crippen molar-refractivity contribution in [3.8, 4) is 5.75 Å². The third-order valence-electron chi connectivity index (χ3n) is 4.98. The minimum absolute atomic E-state index is 0.137. The standard InChI is InChI=1S/C21H27N3O4S/c1-16(21(25)24-18-5-3-2-4-6-18)28-19-7-9-20(10-8-19)29(26,27)23-15-17-11-13-22-14-12-17/h7-14,16,18,23H,2-6,15H2,1H3,(H,24,25). The number of carbonyl (C=O) groups excluding carboxylic acids is 1. The van der Waals surface area contributed by atoms with Crippen LogP contribution in [0.5, 0.6) is 5.75 Å². The Kier molecular flexibility index (Phi) is 7.22. The van der Waals surface area contributed by atoms with E-state index in [2.05, 4.69) is 15.0 Å². The number of aromatic nitrogens is 1. The van der Waals surface area contributed by atoms with E-state index in [9.17, 15) is 13.2 Å². The van der Waals surface area contributed by atoms with Crippen molar-refractivity contribution in [2.75, 3.05) is 0 Å². The zero-order valence-electron chi connectivity index (χ0n) is 16.5. The number of sulfonamides is 1. The van der Waals surface area contributed by atoms with Crippen molar-refractivity contribution in [3.63, 3.8) is 0 Å². The molecule has 2 aromatic rings. The lowest BCUT2D eigenvalue weighted by Gasteiger charge is -2.24. The molecule has 1 saturated carbocycles. The van der Waals surface area contributed by atoms with Crippen molar-refractivity contribution in [2.24, 2.45) is 0 Å². The van der Waals surface area contributed by atoms with Gasteiger partial charge in [0.1, 0.15) is 5.75 Å². The van der Waals surface area contributed by atoms with Gasteiger partial charge in [-0.05, 0) is 61.7 Å². The smallest absolute Gasteiger partial charge is 0.260 e. The van der Waals surface area contributed by atoms with E-state index < -0.39 is 16.1 Å². The minimum atomic E-state index is -3.64. The molecule has 7 nitrogen and oxygen atoms in total. The van der Waals surface area contributed by atoms with Gasteiger partial charge in [0.2, 0.25) is 10.0 Å². The Balaban J connectivity index is 1.54. The maximum Gasteiger partial charge on any atom is 0.260 e. The highest BCUT2D eigenvalue weighted by Crippen LogP contribution is 2.19. The number of pyridine rings is 1. The summed E-state index contributed by atoms with van der Waals surface area (Å²) in [7, 11) is -3.64. The van der Waals surface area contributed by atoms with E-state index in [1.165, 1.54) is 18.6 Å². The summed E-state index contributed by atoms with van der Waals surface area (Å²) < 4.78 is 33.1. The monoisotopic (exact) mass is 417 g/mol. The van der Waals surface area contributed by atoms with Gasteiger partial charge in [-0.15, -0.1) is 0 Å². The van der Waals surface area contributed by atoms with Gasteiger partial charge >= 0.3 is 0 Å². The topological polar surface area (TPSA) is 97.4 Å². The highest BCUT2D eigenvalue weighted by atomic mass is 32.2. The molecule has 0 spiro atoms. The highest BCUT2D eigenvalue weighted by Gasteiger charge is 2.21. The van der Waals surface area contributed by atoms with Crippen LogP contribution in [0, 0.1) is 0 Å². The van der Waals surface area contributed by atoms with Crippen LogP contribution in [0.15, 0.2) is 53.7 Å². The second-order valence-electron chi connectivity index (χ2n) is 7.26. The Morgan fingerprint density at radius 3 is 2.41 bits per heavy atom. The van der Waals surface area contributed by atoms with Crippen molar-refractivity contribution >= 4 is 15.9 Å². The Morgan fingerprint density at radius 2 is 1.76 bits per heavy atom. The van der Waals surface area contributed by atoms with Gasteiger partial charge in [-0.25, -0.2) is 13.1 Å². The molecular weight excluding hydrogens is 390 g/mol. The molecule has 29 heavy (non-hydrogen) atoms. The van der Waals surface area contributed by atoms with Crippen LogP contribution in [0.25, 0.3) is 0 Å². The molecule has 1 unspecified atom stereocenters. The van der Waals surface area contributed by atoms with E-state index in [4.69, 9.17) is 4.74 Å². The number of rotatable bonds is 8. The van der Waals surface area contributed by atoms with Crippen LogP contribution in [0.1, 0.15) is 44.6 Å². The maximum absolute atomic E-state index is 12.4. The fourth-order valence-electron chi connectivity index (χ4n) is 3.28. The summed E-state index contributed by atoms with van der Waals surface area (Å²) in [6, 6.07) is 9.78. The van der Waals surface area contributed by atoms with Crippen molar-refractivity contribution in [1.29, 1.82) is 0 Å². The van der Waals surface area contributed by atoms with Gasteiger partial charge in [-0.2, -0.15) is 0 Å². The van der Waals surface area contributed by atoms with Crippen LogP contribution in [0.2, 0.25) is 0 Å². The van der Waals surface area contributed by atoms with Crippen molar-refractivity contribution in [1.82, 2.24) is 15.0 Å². The van der Waals surface area contributed by atoms with Crippen LogP contribution in [-0.2, 0) is 21.4 Å². The highest BCUT2D eigenvalue weighted by molar-refractivity contribution is 7.89. The summed E-state index contributed by atoms with van der Waals surface area (Å²) in [6.07, 6.45) is 8.11. The molecule has 156 valence electrons. The summed E-state index contributed by atoms with van der Waals surface area (Å²) in [5.74, 6) is 0.303. The largest absolute Gasteiger partial charge is 0.481 e. The Labute approximate surface area is 171 Å². The number of nitrogens with zero attached hydrogens (tertiary/aromatic N) is 1. The predicted octanol–water partition coefficient (Wildman–Crippen LogP) is 2.78. The second kappa shape index (κ2) is 9.84. The predicted molar refractivity (Wildman–Crippen MR) is 110 cm³/mol. The summed E-state index contributed by atoms with van der Waals surface area (Å²) in [5, 5.41) is 3.03. The van der Waals surface area contributed by atoms with E-state index in [0.717, 1.165) is 31.2 Å². The van der Waals surface area contributed by atoms with Gasteiger partial charge in [0.15, 0.2) is 6.10 Å². The lowest BCUT2D eigenvalue weighted by molar-refractivity contribution is -0.128. The second-order valence-corrected chi connectivity index (χ2v) is 9.02. The average Bonchev–Trinajstić information content (AvgIpc) is 2.74. The van der Waals surface area contributed by atoms with Gasteiger partial charge in [-0.1, -0.05) is 19.3 Å². The van der Waals surface area contributed by atoms with Gasteiger partial charge in [0, 0.05) is 25.0 Å². The van der Waals surface area contributed by atoms with E-state index in [0.29, 0.717) is 5.75 Å². The molecule has 1 heterocycles. The van der Waals surface area contributed by atoms with Gasteiger partial charge < -0.3 is 10.1 Å². The zero-order valence-corrected chi connectivity index (χ0v) is 17.3. The van der Waals surface area contributed by atoms with Crippen molar-refractivity contribution in [2.45, 2.75) is 62.6 Å². The SMILES string of the molecule is CC(Oc1ccc(S(=O)(=O)NCc2ccncc2)cc1)C(=O)NC1CCCCC1. The number of amides is 1. The Bertz CT molecular complexity index is 895. The number of hydrogen-bond donors (Lipinski definition) is 2. The molecule has 0 radical (unpaired) electrons. The maximum atomic E-state index is 12.4. The molecule has 1 aromatic heterocycles. The first-order chi connectivity index (χ1) is 13.9. The third-order valence-corrected chi connectivity index (χ3v) is 6.40. The molecule has 1 aromatic carbocycles. The molecular formula is C21H27N3O4S. The molecule has 1 aliphatic carbocycles. The molecule has 0 aliphatic heterocycles. The molecule has 1 atom stereocenters. The summed E-state index contributed by atoms with van der Waals surface area (Å²) in [6.45, 7) is 1.88. The van der Waals surface area contributed by atoms with E-state index in [1.54, 1.807) is 43.6 Å².